The Morgan fingerprint density at radius 2 is 1.93 bits per heavy atom. The highest BCUT2D eigenvalue weighted by molar-refractivity contribution is 9.10. The zero-order valence-electron chi connectivity index (χ0n) is 8.80. The lowest BCUT2D eigenvalue weighted by Gasteiger charge is -2.24. The van der Waals surface area contributed by atoms with Crippen molar-refractivity contribution >= 4 is 27.3 Å². The topological polar surface area (TPSA) is 38.0 Å². The maximum atomic E-state index is 5.92. The number of benzene rings is 1. The van der Waals surface area contributed by atoms with Gasteiger partial charge in [-0.05, 0) is 31.0 Å². The third kappa shape index (κ3) is 2.88. The summed E-state index contributed by atoms with van der Waals surface area (Å²) in [5.74, 6) is 0. The molecule has 2 nitrogen and oxygen atoms in total. The fourth-order valence-electron chi connectivity index (χ4n) is 2.12. The minimum atomic E-state index is 0.607. The van der Waals surface area contributed by atoms with Crippen molar-refractivity contribution in [2.75, 3.05) is 11.1 Å². The van der Waals surface area contributed by atoms with Gasteiger partial charge in [0.25, 0.3) is 0 Å². The lowest BCUT2D eigenvalue weighted by Crippen LogP contribution is -2.22. The predicted octanol–water partition coefficient (Wildman–Crippen LogP) is 3.78. The van der Waals surface area contributed by atoms with E-state index in [1.807, 2.05) is 12.1 Å². The number of rotatable bonds is 2. The Hall–Kier alpha value is -0.700. The van der Waals surface area contributed by atoms with E-state index in [9.17, 15) is 0 Å². The van der Waals surface area contributed by atoms with Crippen molar-refractivity contribution in [1.82, 2.24) is 0 Å². The van der Waals surface area contributed by atoms with Crippen LogP contribution in [0.4, 0.5) is 11.4 Å². The molecule has 2 rings (SSSR count). The number of nitrogens with two attached hydrogens (primary N) is 1. The zero-order valence-corrected chi connectivity index (χ0v) is 10.4. The molecule has 0 bridgehead atoms. The summed E-state index contributed by atoms with van der Waals surface area (Å²) in [6, 6.07) is 6.58. The highest BCUT2D eigenvalue weighted by Gasteiger charge is 2.13. The van der Waals surface area contributed by atoms with Crippen LogP contribution in [0.1, 0.15) is 32.1 Å². The number of nitrogens with one attached hydrogen (secondary N) is 1. The summed E-state index contributed by atoms with van der Waals surface area (Å²) < 4.78 is 1.08. The second-order valence-corrected chi connectivity index (χ2v) is 5.13. The molecule has 0 aromatic heterocycles. The van der Waals surface area contributed by atoms with E-state index in [-0.39, 0.29) is 0 Å². The molecule has 0 aliphatic heterocycles. The lowest BCUT2D eigenvalue weighted by atomic mass is 9.95. The number of halogens is 1. The number of hydrogen-bond acceptors (Lipinski definition) is 2. The van der Waals surface area contributed by atoms with E-state index in [1.165, 1.54) is 32.1 Å². The van der Waals surface area contributed by atoms with Crippen molar-refractivity contribution in [3.63, 3.8) is 0 Å². The van der Waals surface area contributed by atoms with Gasteiger partial charge in [0.15, 0.2) is 0 Å². The second-order valence-electron chi connectivity index (χ2n) is 4.21. The number of anilines is 2. The minimum Gasteiger partial charge on any atom is -0.397 e. The van der Waals surface area contributed by atoms with Crippen LogP contribution >= 0.6 is 15.9 Å². The fraction of sp³-hybridized carbons (Fsp3) is 0.500. The van der Waals surface area contributed by atoms with Crippen LogP contribution in [-0.4, -0.2) is 6.04 Å². The van der Waals surface area contributed by atoms with Gasteiger partial charge in [-0.15, -0.1) is 0 Å². The van der Waals surface area contributed by atoms with E-state index < -0.39 is 0 Å². The van der Waals surface area contributed by atoms with Crippen LogP contribution in [0.2, 0.25) is 0 Å². The molecule has 0 atom stereocenters. The third-order valence-electron chi connectivity index (χ3n) is 2.98. The summed E-state index contributed by atoms with van der Waals surface area (Å²) in [5.41, 5.74) is 7.83. The summed E-state index contributed by atoms with van der Waals surface area (Å²) in [5, 5.41) is 3.53. The van der Waals surface area contributed by atoms with Crippen LogP contribution in [0, 0.1) is 0 Å². The highest BCUT2D eigenvalue weighted by Crippen LogP contribution is 2.27. The van der Waals surface area contributed by atoms with Gasteiger partial charge in [-0.1, -0.05) is 35.2 Å². The van der Waals surface area contributed by atoms with Crippen molar-refractivity contribution in [2.45, 2.75) is 38.1 Å². The normalized spacial score (nSPS) is 17.7. The van der Waals surface area contributed by atoms with Crippen LogP contribution in [-0.2, 0) is 0 Å². The Labute approximate surface area is 99.4 Å². The van der Waals surface area contributed by atoms with Gasteiger partial charge in [-0.3, -0.25) is 0 Å². The molecule has 3 heteroatoms. The summed E-state index contributed by atoms with van der Waals surface area (Å²) in [6.45, 7) is 0. The molecule has 1 fully saturated rings. The Kier molecular flexibility index (Phi) is 3.52. The van der Waals surface area contributed by atoms with Gasteiger partial charge >= 0.3 is 0 Å². The average Bonchev–Trinajstić information content (AvgIpc) is 2.25. The summed E-state index contributed by atoms with van der Waals surface area (Å²) in [6.07, 6.45) is 6.60. The first-order valence-electron chi connectivity index (χ1n) is 5.57. The molecule has 1 saturated carbocycles. The van der Waals surface area contributed by atoms with Gasteiger partial charge in [-0.2, -0.15) is 0 Å². The Balaban J connectivity index is 2.05. The van der Waals surface area contributed by atoms with E-state index in [2.05, 4.69) is 27.3 Å². The average molecular weight is 269 g/mol. The molecule has 0 amide bonds. The Morgan fingerprint density at radius 3 is 2.67 bits per heavy atom. The number of hydrogen-bond donors (Lipinski definition) is 2. The molecule has 82 valence electrons. The molecule has 1 aliphatic carbocycles. The van der Waals surface area contributed by atoms with Crippen LogP contribution in [0.5, 0.6) is 0 Å². The molecule has 3 N–H and O–H groups in total. The molecule has 1 aromatic carbocycles. The standard InChI is InChI=1S/C12H17BrN2/c13-9-6-7-11(14)12(8-9)15-10-4-2-1-3-5-10/h6-8,10,15H,1-5,14H2. The van der Waals surface area contributed by atoms with Gasteiger partial charge < -0.3 is 11.1 Å². The molecule has 0 spiro atoms. The van der Waals surface area contributed by atoms with Crippen LogP contribution < -0.4 is 11.1 Å². The molecular formula is C12H17BrN2. The summed E-state index contributed by atoms with van der Waals surface area (Å²) >= 11 is 3.47. The molecule has 1 aliphatic rings. The molecule has 0 unspecified atom stereocenters. The van der Waals surface area contributed by atoms with E-state index in [0.29, 0.717) is 6.04 Å². The third-order valence-corrected chi connectivity index (χ3v) is 3.47. The first-order valence-corrected chi connectivity index (χ1v) is 6.36. The van der Waals surface area contributed by atoms with Crippen molar-refractivity contribution in [3.05, 3.63) is 22.7 Å². The maximum Gasteiger partial charge on any atom is 0.0587 e. The monoisotopic (exact) mass is 268 g/mol. The minimum absolute atomic E-state index is 0.607. The van der Waals surface area contributed by atoms with E-state index in [0.717, 1.165) is 15.8 Å². The molecule has 0 radical (unpaired) electrons. The van der Waals surface area contributed by atoms with Gasteiger partial charge in [0, 0.05) is 10.5 Å². The van der Waals surface area contributed by atoms with E-state index in [1.54, 1.807) is 0 Å². The first-order chi connectivity index (χ1) is 7.25. The van der Waals surface area contributed by atoms with Crippen molar-refractivity contribution in [1.29, 1.82) is 0 Å². The summed E-state index contributed by atoms with van der Waals surface area (Å²) in [7, 11) is 0. The largest absolute Gasteiger partial charge is 0.397 e. The number of nitrogen functional groups attached to an aromatic ring is 1. The van der Waals surface area contributed by atoms with Gasteiger partial charge in [-0.25, -0.2) is 0 Å². The quantitative estimate of drug-likeness (QED) is 0.802. The molecule has 0 heterocycles. The maximum absolute atomic E-state index is 5.92. The Morgan fingerprint density at radius 1 is 1.20 bits per heavy atom. The van der Waals surface area contributed by atoms with Gasteiger partial charge in [0.2, 0.25) is 0 Å². The van der Waals surface area contributed by atoms with E-state index in [4.69, 9.17) is 5.73 Å². The molecule has 1 aromatic rings. The van der Waals surface area contributed by atoms with E-state index >= 15 is 0 Å². The van der Waals surface area contributed by atoms with Crippen molar-refractivity contribution in [2.24, 2.45) is 0 Å². The first kappa shape index (κ1) is 10.8. The SMILES string of the molecule is Nc1ccc(Br)cc1NC1CCCCC1. The highest BCUT2D eigenvalue weighted by atomic mass is 79.9. The van der Waals surface area contributed by atoms with Crippen LogP contribution in [0.15, 0.2) is 22.7 Å². The second kappa shape index (κ2) is 4.88. The van der Waals surface area contributed by atoms with Crippen LogP contribution in [0.3, 0.4) is 0 Å². The zero-order chi connectivity index (χ0) is 10.7. The van der Waals surface area contributed by atoms with Gasteiger partial charge in [0.1, 0.15) is 0 Å². The predicted molar refractivity (Wildman–Crippen MR) is 69.1 cm³/mol. The molecule has 15 heavy (non-hydrogen) atoms. The van der Waals surface area contributed by atoms with Crippen molar-refractivity contribution < 1.29 is 0 Å². The van der Waals surface area contributed by atoms with Crippen molar-refractivity contribution in [3.8, 4) is 0 Å². The molecule has 0 saturated heterocycles. The van der Waals surface area contributed by atoms with Gasteiger partial charge in [0.05, 0.1) is 11.4 Å². The fourth-order valence-corrected chi connectivity index (χ4v) is 2.48. The summed E-state index contributed by atoms with van der Waals surface area (Å²) in [4.78, 5) is 0. The van der Waals surface area contributed by atoms with Crippen LogP contribution in [0.25, 0.3) is 0 Å². The lowest BCUT2D eigenvalue weighted by molar-refractivity contribution is 0.463. The smallest absolute Gasteiger partial charge is 0.0587 e. The molecular weight excluding hydrogens is 252 g/mol. The Bertz CT molecular complexity index is 332.